The van der Waals surface area contributed by atoms with Crippen LogP contribution in [0.25, 0.3) is 0 Å². The minimum atomic E-state index is -0.452. The van der Waals surface area contributed by atoms with Crippen LogP contribution < -0.4 is 0 Å². The van der Waals surface area contributed by atoms with Crippen LogP contribution in [-0.2, 0) is 14.3 Å². The first-order valence-electron chi connectivity index (χ1n) is 9.47. The van der Waals surface area contributed by atoms with Crippen molar-refractivity contribution in [3.8, 4) is 0 Å². The van der Waals surface area contributed by atoms with E-state index in [2.05, 4.69) is 27.4 Å². The molecule has 0 amide bonds. The zero-order valence-electron chi connectivity index (χ0n) is 16.0. The summed E-state index contributed by atoms with van der Waals surface area (Å²) < 4.78 is 10.3. The third-order valence-corrected chi connectivity index (χ3v) is 6.98. The first-order valence-corrected chi connectivity index (χ1v) is 9.47. The van der Waals surface area contributed by atoms with Gasteiger partial charge in [-0.1, -0.05) is 45.4 Å². The van der Waals surface area contributed by atoms with Crippen LogP contribution in [0.2, 0.25) is 0 Å². The van der Waals surface area contributed by atoms with E-state index in [1.807, 2.05) is 6.08 Å². The van der Waals surface area contributed by atoms with Crippen LogP contribution in [0, 0.1) is 22.7 Å². The highest BCUT2D eigenvalue weighted by molar-refractivity contribution is 5.90. The van der Waals surface area contributed by atoms with Gasteiger partial charge in [0.1, 0.15) is 0 Å². The molecule has 0 bridgehead atoms. The number of hydrogen-bond donors (Lipinski definition) is 1. The molecule has 3 rings (SSSR count). The van der Waals surface area contributed by atoms with Gasteiger partial charge in [0, 0.05) is 19.1 Å². The van der Waals surface area contributed by atoms with E-state index in [9.17, 15) is 9.90 Å². The maximum Gasteiger partial charge on any atom is 0.336 e. The first-order chi connectivity index (χ1) is 11.7. The Morgan fingerprint density at radius 2 is 2.04 bits per heavy atom. The summed E-state index contributed by atoms with van der Waals surface area (Å²) in [6.45, 7) is 11.2. The lowest BCUT2D eigenvalue weighted by atomic mass is 9.46. The Hall–Kier alpha value is -1.13. The van der Waals surface area contributed by atoms with Crippen molar-refractivity contribution in [3.05, 3.63) is 23.8 Å². The average Bonchev–Trinajstić information content (AvgIpc) is 2.85. The smallest absolute Gasteiger partial charge is 0.336 e. The van der Waals surface area contributed by atoms with E-state index in [4.69, 9.17) is 9.47 Å². The lowest BCUT2D eigenvalue weighted by Gasteiger charge is -2.59. The number of hydrogen-bond acceptors (Lipinski definition) is 4. The summed E-state index contributed by atoms with van der Waals surface area (Å²) in [5, 5.41) is 10.8. The van der Waals surface area contributed by atoms with E-state index in [0.717, 1.165) is 24.8 Å². The van der Waals surface area contributed by atoms with Crippen molar-refractivity contribution in [2.45, 2.75) is 71.7 Å². The molecular weight excluding hydrogens is 316 g/mol. The summed E-state index contributed by atoms with van der Waals surface area (Å²) in [4.78, 5) is 12.0. The second-order valence-electron chi connectivity index (χ2n) is 9.05. The molecule has 0 aromatic heterocycles. The van der Waals surface area contributed by atoms with Crippen molar-refractivity contribution in [1.82, 2.24) is 0 Å². The van der Waals surface area contributed by atoms with Crippen LogP contribution in [-0.4, -0.2) is 30.6 Å². The molecule has 1 heterocycles. The second-order valence-corrected chi connectivity index (χ2v) is 9.05. The summed E-state index contributed by atoms with van der Waals surface area (Å²) in [6.07, 6.45) is 6.68. The van der Waals surface area contributed by atoms with Gasteiger partial charge in [-0.2, -0.15) is 0 Å². The highest BCUT2D eigenvalue weighted by Gasteiger charge is 2.56. The topological polar surface area (TPSA) is 55.8 Å². The van der Waals surface area contributed by atoms with Gasteiger partial charge in [-0.05, 0) is 48.3 Å². The number of carbonyl (C=O) groups excluding carboxylic acids is 1. The third-order valence-electron chi connectivity index (χ3n) is 6.98. The monoisotopic (exact) mass is 348 g/mol. The normalized spacial score (nSPS) is 42.4. The molecule has 3 aliphatic rings. The summed E-state index contributed by atoms with van der Waals surface area (Å²) in [5.41, 5.74) is 1.99. The number of cyclic esters (lactones) is 1. The summed E-state index contributed by atoms with van der Waals surface area (Å²) in [7, 11) is 1.56. The number of fused-ring (bicyclic) bond motifs is 1. The fourth-order valence-electron chi connectivity index (χ4n) is 5.97. The van der Waals surface area contributed by atoms with E-state index >= 15 is 0 Å². The van der Waals surface area contributed by atoms with Crippen LogP contribution >= 0.6 is 0 Å². The maximum atomic E-state index is 12.0. The lowest BCUT2D eigenvalue weighted by molar-refractivity contribution is -0.156. The number of aliphatic hydroxyl groups is 1. The Balaban J connectivity index is 1.85. The zero-order valence-corrected chi connectivity index (χ0v) is 16.0. The van der Waals surface area contributed by atoms with Gasteiger partial charge in [-0.25, -0.2) is 4.79 Å². The van der Waals surface area contributed by atoms with Crippen LogP contribution in [0.1, 0.15) is 59.3 Å². The molecule has 3 fully saturated rings. The number of rotatable bonds is 3. The fraction of sp³-hybridized carbons (Fsp3) is 0.762. The van der Waals surface area contributed by atoms with E-state index in [-0.39, 0.29) is 28.8 Å². The van der Waals surface area contributed by atoms with Crippen LogP contribution in [0.15, 0.2) is 23.8 Å². The van der Waals surface area contributed by atoms with E-state index in [0.29, 0.717) is 24.3 Å². The molecule has 5 unspecified atom stereocenters. The van der Waals surface area contributed by atoms with Crippen molar-refractivity contribution < 1.29 is 19.4 Å². The first kappa shape index (κ1) is 18.7. The van der Waals surface area contributed by atoms with E-state index < -0.39 is 6.29 Å². The summed E-state index contributed by atoms with van der Waals surface area (Å²) in [6, 6.07) is 0. The van der Waals surface area contributed by atoms with Gasteiger partial charge in [-0.3, -0.25) is 0 Å². The van der Waals surface area contributed by atoms with Gasteiger partial charge >= 0.3 is 5.97 Å². The Morgan fingerprint density at radius 3 is 2.68 bits per heavy atom. The number of ether oxygens (including phenoxy) is 2. The average molecular weight is 348 g/mol. The predicted molar refractivity (Wildman–Crippen MR) is 96.7 cm³/mol. The van der Waals surface area contributed by atoms with Crippen LogP contribution in [0.3, 0.4) is 0 Å². The lowest BCUT2D eigenvalue weighted by Crippen LogP contribution is -2.55. The van der Waals surface area contributed by atoms with Gasteiger partial charge in [0.05, 0.1) is 6.10 Å². The molecule has 0 spiro atoms. The molecule has 1 N–H and O–H groups in total. The molecule has 4 nitrogen and oxygen atoms in total. The molecule has 4 heteroatoms. The standard InChI is InChI=1S/C21H32O4/c1-13-11-16(22)18-20(2,3)9-6-10-21(18,4)15(13)8-7-14-12-17(24-5)25-19(14)23/h7,15-18,22H,1,6,8-12H2,2-5H3. The molecular formula is C21H32O4. The third kappa shape index (κ3) is 3.19. The maximum absolute atomic E-state index is 12.0. The second kappa shape index (κ2) is 6.55. The van der Waals surface area contributed by atoms with Crippen molar-refractivity contribution in [1.29, 1.82) is 0 Å². The molecule has 0 aromatic carbocycles. The molecule has 2 aliphatic carbocycles. The SMILES string of the molecule is C=C1CC(O)C2C(C)(C)CCCC2(C)C1CC=C1CC(OC)OC1=O. The van der Waals surface area contributed by atoms with Crippen molar-refractivity contribution in [2.24, 2.45) is 22.7 Å². The van der Waals surface area contributed by atoms with Gasteiger partial charge in [0.15, 0.2) is 0 Å². The Labute approximate surface area is 151 Å². The summed E-state index contributed by atoms with van der Waals surface area (Å²) >= 11 is 0. The highest BCUT2D eigenvalue weighted by Crippen LogP contribution is 2.61. The van der Waals surface area contributed by atoms with Gasteiger partial charge < -0.3 is 14.6 Å². The largest absolute Gasteiger partial charge is 0.432 e. The predicted octanol–water partition coefficient (Wildman–Crippen LogP) is 3.99. The van der Waals surface area contributed by atoms with Gasteiger partial charge in [0.2, 0.25) is 6.29 Å². The van der Waals surface area contributed by atoms with E-state index in [1.54, 1.807) is 7.11 Å². The molecule has 5 atom stereocenters. The zero-order chi connectivity index (χ0) is 18.4. The minimum Gasteiger partial charge on any atom is -0.432 e. The van der Waals surface area contributed by atoms with Crippen molar-refractivity contribution in [3.63, 3.8) is 0 Å². The molecule has 2 saturated carbocycles. The Bertz CT molecular complexity index is 591. The van der Waals surface area contributed by atoms with E-state index in [1.165, 1.54) is 6.42 Å². The van der Waals surface area contributed by atoms with Gasteiger partial charge in [-0.15, -0.1) is 0 Å². The Morgan fingerprint density at radius 1 is 1.32 bits per heavy atom. The van der Waals surface area contributed by atoms with Crippen LogP contribution in [0.4, 0.5) is 0 Å². The van der Waals surface area contributed by atoms with Crippen molar-refractivity contribution >= 4 is 5.97 Å². The van der Waals surface area contributed by atoms with Crippen molar-refractivity contribution in [2.75, 3.05) is 7.11 Å². The number of carbonyl (C=O) groups is 1. The highest BCUT2D eigenvalue weighted by atomic mass is 16.7. The molecule has 1 aliphatic heterocycles. The summed E-state index contributed by atoms with van der Waals surface area (Å²) in [5.74, 6) is 0.297. The minimum absolute atomic E-state index is 0.0245. The number of allylic oxidation sites excluding steroid dienone is 1. The van der Waals surface area contributed by atoms with Gasteiger partial charge in [0.25, 0.3) is 0 Å². The molecule has 0 aromatic rings. The Kier molecular flexibility index (Phi) is 4.89. The molecule has 25 heavy (non-hydrogen) atoms. The molecule has 0 radical (unpaired) electrons. The quantitative estimate of drug-likeness (QED) is 0.476. The molecule has 1 saturated heterocycles. The number of methoxy groups -OCH3 is 1. The number of esters is 1. The number of aliphatic hydroxyl groups excluding tert-OH is 1. The van der Waals surface area contributed by atoms with Crippen LogP contribution in [0.5, 0.6) is 0 Å². The fourth-order valence-corrected chi connectivity index (χ4v) is 5.97. The molecule has 140 valence electrons.